The van der Waals surface area contributed by atoms with Crippen molar-refractivity contribution in [3.05, 3.63) is 107 Å². The van der Waals surface area contributed by atoms with Crippen molar-refractivity contribution in [1.29, 1.82) is 0 Å². The molecular weight excluding hydrogens is 644 g/mol. The van der Waals surface area contributed by atoms with Gasteiger partial charge in [0.2, 0.25) is 0 Å². The number of amides is 2. The van der Waals surface area contributed by atoms with Crippen LogP contribution >= 0.6 is 23.5 Å². The van der Waals surface area contributed by atoms with Crippen molar-refractivity contribution in [2.24, 2.45) is 11.5 Å². The number of carbonyl (C=O) groups excluding carboxylic acids is 2. The normalized spacial score (nSPS) is 11.7. The average Bonchev–Trinajstić information content (AvgIpc) is 3.02. The van der Waals surface area contributed by atoms with E-state index in [-0.39, 0.29) is 16.7 Å². The maximum atomic E-state index is 14.0. The van der Waals surface area contributed by atoms with Gasteiger partial charge in [-0.1, -0.05) is 30.3 Å². The lowest BCUT2D eigenvalue weighted by molar-refractivity contribution is -0.137. The quantitative estimate of drug-likeness (QED) is 0.0894. The van der Waals surface area contributed by atoms with Crippen molar-refractivity contribution in [2.75, 3.05) is 35.2 Å². The van der Waals surface area contributed by atoms with Crippen LogP contribution in [0.5, 0.6) is 0 Å². The molecule has 0 spiro atoms. The fraction of sp³-hybridized carbons (Fsp3) is 0.212. The molecule has 2 amide bonds. The molecule has 0 atom stereocenters. The van der Waals surface area contributed by atoms with Crippen LogP contribution in [0.3, 0.4) is 0 Å². The van der Waals surface area contributed by atoms with E-state index in [2.05, 4.69) is 10.6 Å². The third-order valence-corrected chi connectivity index (χ3v) is 8.87. The highest BCUT2D eigenvalue weighted by molar-refractivity contribution is 7.99. The van der Waals surface area contributed by atoms with Gasteiger partial charge in [0, 0.05) is 58.2 Å². The summed E-state index contributed by atoms with van der Waals surface area (Å²) in [5.74, 6) is -3.39. The lowest BCUT2D eigenvalue weighted by Gasteiger charge is -2.15. The Morgan fingerprint density at radius 2 is 1.02 bits per heavy atom. The smallest absolute Gasteiger partial charge is 0.330 e. The van der Waals surface area contributed by atoms with Gasteiger partial charge < -0.3 is 22.1 Å². The van der Waals surface area contributed by atoms with Gasteiger partial charge in [-0.15, -0.1) is 23.5 Å². The van der Waals surface area contributed by atoms with E-state index in [4.69, 9.17) is 11.5 Å². The van der Waals surface area contributed by atoms with Gasteiger partial charge in [-0.3, -0.25) is 9.59 Å². The summed E-state index contributed by atoms with van der Waals surface area (Å²) in [6, 6.07) is 20.6. The monoisotopic (exact) mass is 674 g/mol. The van der Waals surface area contributed by atoms with E-state index in [9.17, 15) is 31.5 Å². The van der Waals surface area contributed by atoms with Gasteiger partial charge in [0.1, 0.15) is 0 Å². The van der Waals surface area contributed by atoms with Gasteiger partial charge >= 0.3 is 6.18 Å². The largest absolute Gasteiger partial charge is 0.416 e. The first-order valence-electron chi connectivity index (χ1n) is 14.0. The van der Waals surface area contributed by atoms with Crippen LogP contribution in [0.4, 0.5) is 33.3 Å². The zero-order valence-electron chi connectivity index (χ0n) is 24.6. The molecule has 0 aliphatic heterocycles. The molecule has 242 valence electrons. The molecule has 6 nitrogen and oxygen atoms in total. The van der Waals surface area contributed by atoms with Gasteiger partial charge in [0.25, 0.3) is 17.7 Å². The molecule has 0 aliphatic rings. The zero-order chi connectivity index (χ0) is 33.5. The zero-order valence-corrected chi connectivity index (χ0v) is 26.2. The van der Waals surface area contributed by atoms with Gasteiger partial charge in [0.05, 0.1) is 16.7 Å². The van der Waals surface area contributed by atoms with E-state index in [0.717, 1.165) is 30.2 Å². The summed E-state index contributed by atoms with van der Waals surface area (Å²) in [5.41, 5.74) is 12.3. The molecule has 4 aromatic rings. The fourth-order valence-electron chi connectivity index (χ4n) is 4.34. The number of thioether (sulfide) groups is 2. The number of hydrogen-bond donors (Lipinski definition) is 4. The van der Waals surface area contributed by atoms with E-state index in [1.807, 2.05) is 0 Å². The van der Waals surface area contributed by atoms with Gasteiger partial charge in [-0.05, 0) is 65.7 Å². The average molecular weight is 675 g/mol. The number of hydrogen-bond acceptors (Lipinski definition) is 6. The Balaban J connectivity index is 1.47. The number of carbonyl (C=O) groups is 2. The molecule has 0 radical (unpaired) electrons. The molecule has 0 saturated heterocycles. The Bertz CT molecular complexity index is 1550. The minimum Gasteiger partial charge on any atom is -0.330 e. The number of benzene rings is 4. The van der Waals surface area contributed by atoms with Crippen LogP contribution in [-0.4, -0.2) is 36.4 Å². The van der Waals surface area contributed by atoms with Crippen molar-refractivity contribution in [2.45, 2.75) is 28.8 Å². The van der Waals surface area contributed by atoms with Crippen LogP contribution in [0, 0.1) is 0 Å². The van der Waals surface area contributed by atoms with E-state index >= 15 is 0 Å². The minimum atomic E-state index is -4.60. The molecule has 6 N–H and O–H groups in total. The molecule has 0 aliphatic carbocycles. The van der Waals surface area contributed by atoms with Crippen molar-refractivity contribution in [3.63, 3.8) is 0 Å². The standard InChI is InChI=1S/C33H31F5N4O2S2/c1-32(34,35)22-6-12-28(45-16-14-39)26(18-22)30(43)41-24-8-2-20(3-9-24)21-4-10-25(11-5-21)42-31(44)27-19-23(33(36,37)38)7-13-29(27)46-17-15-40/h2-13,18-19H,14-17,39-40H2,1H3,(H,41,43)(H,42,44). The Morgan fingerprint density at radius 1 is 0.630 bits per heavy atom. The summed E-state index contributed by atoms with van der Waals surface area (Å²) in [6.07, 6.45) is -4.60. The molecule has 0 fully saturated rings. The number of nitrogens with one attached hydrogen (secondary N) is 2. The molecule has 0 saturated carbocycles. The first-order chi connectivity index (χ1) is 21.8. The number of rotatable bonds is 12. The first-order valence-corrected chi connectivity index (χ1v) is 16.0. The summed E-state index contributed by atoms with van der Waals surface area (Å²) >= 11 is 2.50. The summed E-state index contributed by atoms with van der Waals surface area (Å²) < 4.78 is 67.9. The highest BCUT2D eigenvalue weighted by atomic mass is 32.2. The van der Waals surface area contributed by atoms with E-state index in [0.29, 0.717) is 45.8 Å². The summed E-state index contributed by atoms with van der Waals surface area (Å²) in [5, 5.41) is 5.41. The Morgan fingerprint density at radius 3 is 1.39 bits per heavy atom. The molecular formula is C33H31F5N4O2S2. The second-order valence-electron chi connectivity index (χ2n) is 10.1. The van der Waals surface area contributed by atoms with Crippen LogP contribution in [0.15, 0.2) is 94.7 Å². The molecule has 0 bridgehead atoms. The van der Waals surface area contributed by atoms with Crippen LogP contribution in [0.25, 0.3) is 11.1 Å². The Kier molecular flexibility index (Phi) is 11.5. The number of alkyl halides is 5. The Labute approximate surface area is 271 Å². The van der Waals surface area contributed by atoms with Crippen LogP contribution in [0.1, 0.15) is 38.8 Å². The number of nitrogens with two attached hydrogens (primary N) is 2. The van der Waals surface area contributed by atoms with Gasteiger partial charge in [-0.25, -0.2) is 8.78 Å². The van der Waals surface area contributed by atoms with Crippen molar-refractivity contribution < 1.29 is 31.5 Å². The van der Waals surface area contributed by atoms with Gasteiger partial charge in [-0.2, -0.15) is 13.2 Å². The van der Waals surface area contributed by atoms with Crippen LogP contribution in [-0.2, 0) is 12.1 Å². The van der Waals surface area contributed by atoms with E-state index in [1.54, 1.807) is 48.5 Å². The second-order valence-corrected chi connectivity index (χ2v) is 12.4. The lowest BCUT2D eigenvalue weighted by atomic mass is 10.0. The molecule has 13 heteroatoms. The summed E-state index contributed by atoms with van der Waals surface area (Å²) in [4.78, 5) is 27.0. The molecule has 4 rings (SSSR count). The maximum Gasteiger partial charge on any atom is 0.416 e. The van der Waals surface area contributed by atoms with Crippen LogP contribution < -0.4 is 22.1 Å². The van der Waals surface area contributed by atoms with Crippen molar-refractivity contribution >= 4 is 46.7 Å². The minimum absolute atomic E-state index is 0.102. The van der Waals surface area contributed by atoms with Crippen LogP contribution in [0.2, 0.25) is 0 Å². The van der Waals surface area contributed by atoms with Crippen molar-refractivity contribution in [3.8, 4) is 11.1 Å². The highest BCUT2D eigenvalue weighted by Crippen LogP contribution is 2.35. The molecule has 0 aromatic heterocycles. The molecule has 46 heavy (non-hydrogen) atoms. The number of anilines is 2. The highest BCUT2D eigenvalue weighted by Gasteiger charge is 2.32. The third-order valence-electron chi connectivity index (χ3n) is 6.65. The van der Waals surface area contributed by atoms with E-state index < -0.39 is 29.5 Å². The predicted octanol–water partition coefficient (Wildman–Crippen LogP) is 8.09. The SMILES string of the molecule is CC(F)(F)c1ccc(SCCN)c(C(=O)Nc2ccc(-c3ccc(NC(=O)c4cc(C(F)(F)F)ccc4SCCN)cc3)cc2)c1. The third kappa shape index (κ3) is 9.09. The van der Waals surface area contributed by atoms with Crippen molar-refractivity contribution in [1.82, 2.24) is 0 Å². The molecule has 0 unspecified atom stereocenters. The molecule has 0 heterocycles. The first kappa shape index (κ1) is 35.0. The second kappa shape index (κ2) is 15.1. The Hall–Kier alpha value is -3.91. The molecule has 4 aromatic carbocycles. The van der Waals surface area contributed by atoms with E-state index in [1.165, 1.54) is 47.8 Å². The summed E-state index contributed by atoms with van der Waals surface area (Å²) in [7, 11) is 0. The topological polar surface area (TPSA) is 110 Å². The predicted molar refractivity (Wildman–Crippen MR) is 175 cm³/mol. The lowest BCUT2D eigenvalue weighted by Crippen LogP contribution is -2.16. The fourth-order valence-corrected chi connectivity index (χ4v) is 5.96. The number of halogens is 5. The van der Waals surface area contributed by atoms with Gasteiger partial charge in [0.15, 0.2) is 0 Å². The summed E-state index contributed by atoms with van der Waals surface area (Å²) in [6.45, 7) is 1.43. The maximum absolute atomic E-state index is 14.0.